The molecule has 2 aliphatic carbocycles. The van der Waals surface area contributed by atoms with E-state index in [-0.39, 0.29) is 5.41 Å². The lowest BCUT2D eigenvalue weighted by molar-refractivity contribution is 0.660. The van der Waals surface area contributed by atoms with Crippen molar-refractivity contribution in [2.45, 2.75) is 24.7 Å². The summed E-state index contributed by atoms with van der Waals surface area (Å²) in [5, 5.41) is 4.37. The van der Waals surface area contributed by atoms with Crippen LogP contribution in [0.15, 0.2) is 253 Å². The van der Waals surface area contributed by atoms with Gasteiger partial charge in [-0.2, -0.15) is 0 Å². The molecule has 0 saturated heterocycles. The van der Waals surface area contributed by atoms with Crippen LogP contribution in [0.1, 0.15) is 47.2 Å². The molecule has 1 aromatic heterocycles. The highest BCUT2D eigenvalue weighted by atomic mass is 16.3. The first kappa shape index (κ1) is 40.4. The zero-order valence-corrected chi connectivity index (χ0v) is 39.0. The summed E-state index contributed by atoms with van der Waals surface area (Å²) in [5.41, 5.74) is 21.8. The lowest BCUT2D eigenvalue weighted by Gasteiger charge is -2.35. The molecule has 0 spiro atoms. The first-order valence-corrected chi connectivity index (χ1v) is 24.4. The average molecular weight is 894 g/mol. The Morgan fingerprint density at radius 3 is 1.50 bits per heavy atom. The molecule has 0 bridgehead atoms. The van der Waals surface area contributed by atoms with Gasteiger partial charge in [0.1, 0.15) is 11.2 Å². The van der Waals surface area contributed by atoms with Crippen LogP contribution in [0.25, 0.3) is 77.2 Å². The molecule has 0 radical (unpaired) electrons. The number of hydrogen-bond acceptors (Lipinski definition) is 2. The Labute approximate surface area is 408 Å². The zero-order valence-electron chi connectivity index (χ0n) is 39.0. The van der Waals surface area contributed by atoms with Crippen molar-refractivity contribution >= 4 is 49.8 Å². The van der Waals surface area contributed by atoms with Crippen LogP contribution in [0.2, 0.25) is 0 Å². The number of rotatable bonds is 7. The summed E-state index contributed by atoms with van der Waals surface area (Å²) in [6.07, 6.45) is 0. The molecule has 0 N–H and O–H groups in total. The van der Waals surface area contributed by atoms with Crippen molar-refractivity contribution in [1.82, 2.24) is 0 Å². The number of nitrogens with zero attached hydrogens (tertiary/aromatic N) is 1. The van der Waals surface area contributed by atoms with E-state index >= 15 is 0 Å². The van der Waals surface area contributed by atoms with Crippen LogP contribution in [0.3, 0.4) is 0 Å². The van der Waals surface area contributed by atoms with Crippen LogP contribution >= 0.6 is 0 Å². The second kappa shape index (κ2) is 15.4. The fraction of sp³-hybridized carbons (Fsp3) is 0.0588. The molecule has 70 heavy (non-hydrogen) atoms. The van der Waals surface area contributed by atoms with E-state index in [2.05, 4.69) is 267 Å². The first-order chi connectivity index (χ1) is 34.5. The van der Waals surface area contributed by atoms with E-state index in [1.807, 2.05) is 0 Å². The van der Waals surface area contributed by atoms with Gasteiger partial charge in [-0.25, -0.2) is 0 Å². The summed E-state index contributed by atoms with van der Waals surface area (Å²) in [7, 11) is 0. The molecule has 12 aromatic rings. The van der Waals surface area contributed by atoms with E-state index in [0.29, 0.717) is 0 Å². The van der Waals surface area contributed by atoms with E-state index in [1.54, 1.807) is 0 Å². The summed E-state index contributed by atoms with van der Waals surface area (Å²) in [4.78, 5) is 2.53. The van der Waals surface area contributed by atoms with Gasteiger partial charge in [-0.3, -0.25) is 0 Å². The van der Waals surface area contributed by atoms with E-state index < -0.39 is 5.41 Å². The quantitative estimate of drug-likeness (QED) is 0.158. The molecule has 330 valence electrons. The van der Waals surface area contributed by atoms with Gasteiger partial charge in [0.25, 0.3) is 0 Å². The van der Waals surface area contributed by atoms with Gasteiger partial charge in [0.15, 0.2) is 0 Å². The van der Waals surface area contributed by atoms with Gasteiger partial charge in [-0.05, 0) is 109 Å². The Bertz CT molecular complexity index is 3980. The number of hydrogen-bond donors (Lipinski definition) is 0. The van der Waals surface area contributed by atoms with Crippen LogP contribution in [-0.4, -0.2) is 0 Å². The van der Waals surface area contributed by atoms with E-state index in [4.69, 9.17) is 4.42 Å². The summed E-state index contributed by atoms with van der Waals surface area (Å²) in [6.45, 7) is 4.75. The highest BCUT2D eigenvalue weighted by Crippen LogP contribution is 2.58. The van der Waals surface area contributed by atoms with Crippen molar-refractivity contribution in [3.05, 3.63) is 282 Å². The molecule has 14 rings (SSSR count). The number of benzene rings is 11. The van der Waals surface area contributed by atoms with E-state index in [1.165, 1.54) is 72.3 Å². The SMILES string of the molecule is CC1(C)c2ccccc2-c2ccc(N(c3ccc4c(c3)C(c3ccccc3)(c3ccccc3)c3ccccc3-4)c3cc4c(oc5ccc(-c6ccccc6)c(-c6ccccc6)c54)c4ccccc34)cc21. The third kappa shape index (κ3) is 5.74. The summed E-state index contributed by atoms with van der Waals surface area (Å²) in [6, 6.07) is 91.8. The third-order valence-electron chi connectivity index (χ3n) is 15.5. The number of fused-ring (bicyclic) bond motifs is 11. The molecule has 0 fully saturated rings. The normalized spacial score (nSPS) is 13.8. The van der Waals surface area contributed by atoms with Crippen LogP contribution in [0, 0.1) is 0 Å². The molecular formula is C68H47NO. The maximum Gasteiger partial charge on any atom is 0.143 e. The summed E-state index contributed by atoms with van der Waals surface area (Å²) in [5.74, 6) is 0. The van der Waals surface area contributed by atoms with Crippen LogP contribution in [-0.2, 0) is 10.8 Å². The van der Waals surface area contributed by atoms with Gasteiger partial charge < -0.3 is 9.32 Å². The van der Waals surface area contributed by atoms with Crippen LogP contribution < -0.4 is 4.90 Å². The molecule has 1 heterocycles. The minimum atomic E-state index is -0.567. The largest absolute Gasteiger partial charge is 0.455 e. The molecule has 0 unspecified atom stereocenters. The van der Waals surface area contributed by atoms with Crippen molar-refractivity contribution < 1.29 is 4.42 Å². The van der Waals surface area contributed by atoms with Gasteiger partial charge in [0.05, 0.1) is 11.1 Å². The smallest absolute Gasteiger partial charge is 0.143 e. The maximum atomic E-state index is 7.09. The Balaban J connectivity index is 1.10. The van der Waals surface area contributed by atoms with Gasteiger partial charge in [-0.15, -0.1) is 0 Å². The van der Waals surface area contributed by atoms with Crippen molar-refractivity contribution in [3.8, 4) is 44.5 Å². The van der Waals surface area contributed by atoms with Crippen molar-refractivity contribution in [2.75, 3.05) is 4.90 Å². The highest BCUT2D eigenvalue weighted by Gasteiger charge is 2.46. The molecule has 0 aliphatic heterocycles. The van der Waals surface area contributed by atoms with Crippen LogP contribution in [0.4, 0.5) is 17.1 Å². The summed E-state index contributed by atoms with van der Waals surface area (Å²) >= 11 is 0. The molecule has 0 saturated carbocycles. The van der Waals surface area contributed by atoms with Crippen LogP contribution in [0.5, 0.6) is 0 Å². The van der Waals surface area contributed by atoms with E-state index in [9.17, 15) is 0 Å². The van der Waals surface area contributed by atoms with Gasteiger partial charge in [0.2, 0.25) is 0 Å². The lowest BCUT2D eigenvalue weighted by atomic mass is 9.67. The predicted molar refractivity (Wildman–Crippen MR) is 292 cm³/mol. The topological polar surface area (TPSA) is 16.4 Å². The van der Waals surface area contributed by atoms with Crippen molar-refractivity contribution in [1.29, 1.82) is 0 Å². The molecule has 2 heteroatoms. The first-order valence-electron chi connectivity index (χ1n) is 24.4. The fourth-order valence-corrected chi connectivity index (χ4v) is 12.4. The molecular weight excluding hydrogens is 847 g/mol. The average Bonchev–Trinajstić information content (AvgIpc) is 4.03. The van der Waals surface area contributed by atoms with Gasteiger partial charge in [0, 0.05) is 43.9 Å². The lowest BCUT2D eigenvalue weighted by Crippen LogP contribution is -2.28. The Kier molecular flexibility index (Phi) is 8.88. The number of anilines is 3. The predicted octanol–water partition coefficient (Wildman–Crippen LogP) is 18.2. The standard InChI is InChI=1S/C68H47NO/c1-67(2)58-33-19-17-29-51(58)53-37-35-48(41-60(53)67)69(49-36-38-54-52-30-18-20-34-59(52)68(61(54)42-49,46-25-11-5-12-26-46)47-27-13-6-14-28-47)62-43-57-65-63(70-66(57)56-32-16-15-31-55(56)62)40-39-50(44-21-7-3-8-22-44)64(65)45-23-9-4-10-24-45/h3-43H,1-2H3. The zero-order chi connectivity index (χ0) is 46.6. The Hall–Kier alpha value is -8.72. The maximum absolute atomic E-state index is 7.09. The van der Waals surface area contributed by atoms with Crippen molar-refractivity contribution in [3.63, 3.8) is 0 Å². The molecule has 0 amide bonds. The Morgan fingerprint density at radius 2 is 0.843 bits per heavy atom. The summed E-state index contributed by atoms with van der Waals surface area (Å²) < 4.78 is 7.09. The Morgan fingerprint density at radius 1 is 0.357 bits per heavy atom. The highest BCUT2D eigenvalue weighted by molar-refractivity contribution is 6.24. The van der Waals surface area contributed by atoms with E-state index in [0.717, 1.165) is 55.3 Å². The monoisotopic (exact) mass is 893 g/mol. The van der Waals surface area contributed by atoms with Gasteiger partial charge in [-0.1, -0.05) is 226 Å². The molecule has 11 aromatic carbocycles. The van der Waals surface area contributed by atoms with Crippen molar-refractivity contribution in [2.24, 2.45) is 0 Å². The fourth-order valence-electron chi connectivity index (χ4n) is 12.4. The second-order valence-corrected chi connectivity index (χ2v) is 19.5. The van der Waals surface area contributed by atoms with Gasteiger partial charge >= 0.3 is 0 Å². The minimum absolute atomic E-state index is 0.200. The number of furan rings is 1. The third-order valence-corrected chi connectivity index (χ3v) is 15.5. The minimum Gasteiger partial charge on any atom is -0.455 e. The molecule has 2 aliphatic rings. The molecule has 2 nitrogen and oxygen atoms in total. The second-order valence-electron chi connectivity index (χ2n) is 19.5. The molecule has 0 atom stereocenters.